The van der Waals surface area contributed by atoms with E-state index in [1.54, 1.807) is 16.8 Å². The van der Waals surface area contributed by atoms with Crippen molar-refractivity contribution in [3.05, 3.63) is 29.3 Å². The highest BCUT2D eigenvalue weighted by Gasteiger charge is 2.30. The SMILES string of the molecule is COc1ccc(F)c(F)c1CN1CCN(C)C(C(=O)O)C1. The summed E-state index contributed by atoms with van der Waals surface area (Å²) in [7, 11) is 3.12. The number of hydrogen-bond donors (Lipinski definition) is 1. The lowest BCUT2D eigenvalue weighted by Crippen LogP contribution is -2.54. The molecule has 2 rings (SSSR count). The molecule has 1 aromatic carbocycles. The number of halogens is 2. The molecule has 0 spiro atoms. The van der Waals surface area contributed by atoms with Crippen molar-refractivity contribution in [1.29, 1.82) is 0 Å². The molecule has 0 saturated carbocycles. The highest BCUT2D eigenvalue weighted by Crippen LogP contribution is 2.26. The second-order valence-electron chi connectivity index (χ2n) is 5.11. The molecular weight excluding hydrogens is 282 g/mol. The fourth-order valence-corrected chi connectivity index (χ4v) is 2.48. The average Bonchev–Trinajstić information content (AvgIpc) is 2.45. The maximum absolute atomic E-state index is 13.9. The third-order valence-electron chi connectivity index (χ3n) is 3.77. The van der Waals surface area contributed by atoms with Crippen LogP contribution in [-0.4, -0.2) is 60.7 Å². The number of carboxylic acids is 1. The van der Waals surface area contributed by atoms with Crippen LogP contribution in [0.5, 0.6) is 5.75 Å². The van der Waals surface area contributed by atoms with E-state index in [0.717, 1.165) is 6.07 Å². The number of benzene rings is 1. The van der Waals surface area contributed by atoms with Crippen LogP contribution in [0.3, 0.4) is 0 Å². The minimum Gasteiger partial charge on any atom is -0.496 e. The van der Waals surface area contributed by atoms with Gasteiger partial charge in [-0.1, -0.05) is 0 Å². The third-order valence-corrected chi connectivity index (χ3v) is 3.77. The van der Waals surface area contributed by atoms with Gasteiger partial charge < -0.3 is 9.84 Å². The number of rotatable bonds is 4. The second kappa shape index (κ2) is 6.36. The summed E-state index contributed by atoms with van der Waals surface area (Å²) in [6, 6.07) is 1.74. The van der Waals surface area contributed by atoms with Gasteiger partial charge in [-0.05, 0) is 19.2 Å². The summed E-state index contributed by atoms with van der Waals surface area (Å²) in [4.78, 5) is 14.7. The molecule has 0 bridgehead atoms. The van der Waals surface area contributed by atoms with Gasteiger partial charge in [0.25, 0.3) is 0 Å². The normalized spacial score (nSPS) is 20.5. The Hall–Kier alpha value is -1.73. The largest absolute Gasteiger partial charge is 0.496 e. The van der Waals surface area contributed by atoms with E-state index in [2.05, 4.69) is 0 Å². The fraction of sp³-hybridized carbons (Fsp3) is 0.500. The van der Waals surface area contributed by atoms with Crippen LogP contribution in [-0.2, 0) is 11.3 Å². The van der Waals surface area contributed by atoms with Crippen LogP contribution in [0.2, 0.25) is 0 Å². The standard InChI is InChI=1S/C14H18F2N2O3/c1-17-5-6-18(8-11(17)14(19)20)7-9-12(21-2)4-3-10(15)13(9)16/h3-4,11H,5-8H2,1-2H3,(H,19,20). The topological polar surface area (TPSA) is 53.0 Å². The van der Waals surface area contributed by atoms with E-state index in [9.17, 15) is 13.6 Å². The van der Waals surface area contributed by atoms with E-state index in [-0.39, 0.29) is 24.4 Å². The Labute approximate surface area is 121 Å². The molecule has 1 atom stereocenters. The number of carbonyl (C=O) groups is 1. The lowest BCUT2D eigenvalue weighted by Gasteiger charge is -2.37. The van der Waals surface area contributed by atoms with Crippen molar-refractivity contribution in [2.24, 2.45) is 0 Å². The summed E-state index contributed by atoms with van der Waals surface area (Å²) in [6.45, 7) is 1.50. The molecule has 116 valence electrons. The van der Waals surface area contributed by atoms with Crippen molar-refractivity contribution in [2.45, 2.75) is 12.6 Å². The minimum absolute atomic E-state index is 0.115. The molecule has 0 amide bonds. The van der Waals surface area contributed by atoms with Crippen LogP contribution in [0, 0.1) is 11.6 Å². The fourth-order valence-electron chi connectivity index (χ4n) is 2.48. The highest BCUT2D eigenvalue weighted by molar-refractivity contribution is 5.73. The Morgan fingerprint density at radius 1 is 1.43 bits per heavy atom. The van der Waals surface area contributed by atoms with Crippen molar-refractivity contribution in [2.75, 3.05) is 33.8 Å². The zero-order chi connectivity index (χ0) is 15.6. The molecule has 1 N–H and O–H groups in total. The summed E-state index contributed by atoms with van der Waals surface area (Å²) in [6.07, 6.45) is 0. The first kappa shape index (κ1) is 15.7. The number of hydrogen-bond acceptors (Lipinski definition) is 4. The molecule has 1 saturated heterocycles. The first-order chi connectivity index (χ1) is 9.93. The Kier molecular flexibility index (Phi) is 4.74. The summed E-state index contributed by atoms with van der Waals surface area (Å²) < 4.78 is 32.4. The highest BCUT2D eigenvalue weighted by atomic mass is 19.2. The van der Waals surface area contributed by atoms with E-state index in [0.29, 0.717) is 13.1 Å². The van der Waals surface area contributed by atoms with E-state index in [1.165, 1.54) is 13.2 Å². The van der Waals surface area contributed by atoms with Gasteiger partial charge in [0.15, 0.2) is 11.6 Å². The Morgan fingerprint density at radius 3 is 2.76 bits per heavy atom. The predicted molar refractivity (Wildman–Crippen MR) is 72.2 cm³/mol. The lowest BCUT2D eigenvalue weighted by atomic mass is 10.1. The minimum atomic E-state index is -0.944. The molecule has 0 radical (unpaired) electrons. The van der Waals surface area contributed by atoms with Gasteiger partial charge >= 0.3 is 5.97 Å². The summed E-state index contributed by atoms with van der Waals surface area (Å²) in [5.41, 5.74) is 0.117. The van der Waals surface area contributed by atoms with E-state index in [4.69, 9.17) is 9.84 Å². The number of aliphatic carboxylic acids is 1. The molecule has 1 fully saturated rings. The molecule has 21 heavy (non-hydrogen) atoms. The number of likely N-dealkylation sites (N-methyl/N-ethyl adjacent to an activating group) is 1. The predicted octanol–water partition coefficient (Wildman–Crippen LogP) is 1.17. The van der Waals surface area contributed by atoms with E-state index < -0.39 is 23.6 Å². The monoisotopic (exact) mass is 300 g/mol. The van der Waals surface area contributed by atoms with Crippen molar-refractivity contribution < 1.29 is 23.4 Å². The molecule has 1 aliphatic rings. The van der Waals surface area contributed by atoms with Gasteiger partial charge in [-0.3, -0.25) is 14.6 Å². The summed E-state index contributed by atoms with van der Waals surface area (Å²) in [5, 5.41) is 9.16. The van der Waals surface area contributed by atoms with Gasteiger partial charge in [-0.25, -0.2) is 8.78 Å². The number of nitrogens with zero attached hydrogens (tertiary/aromatic N) is 2. The Bertz CT molecular complexity index is 539. The number of ether oxygens (including phenoxy) is 1. The zero-order valence-corrected chi connectivity index (χ0v) is 12.0. The van der Waals surface area contributed by atoms with Crippen LogP contribution < -0.4 is 4.74 Å². The molecule has 1 unspecified atom stereocenters. The molecule has 1 heterocycles. The van der Waals surface area contributed by atoms with Crippen LogP contribution in [0.4, 0.5) is 8.78 Å². The van der Waals surface area contributed by atoms with Gasteiger partial charge in [0.2, 0.25) is 0 Å². The molecule has 1 aromatic rings. The van der Waals surface area contributed by atoms with E-state index >= 15 is 0 Å². The second-order valence-corrected chi connectivity index (χ2v) is 5.11. The van der Waals surface area contributed by atoms with Crippen molar-refractivity contribution >= 4 is 5.97 Å². The maximum atomic E-state index is 13.9. The third kappa shape index (κ3) is 3.30. The van der Waals surface area contributed by atoms with Gasteiger partial charge in [-0.2, -0.15) is 0 Å². The van der Waals surface area contributed by atoms with Crippen LogP contribution >= 0.6 is 0 Å². The Balaban J connectivity index is 2.19. The smallest absolute Gasteiger partial charge is 0.322 e. The number of carboxylic acid groups (broad SMARTS) is 1. The molecule has 5 nitrogen and oxygen atoms in total. The lowest BCUT2D eigenvalue weighted by molar-refractivity contribution is -0.145. The van der Waals surface area contributed by atoms with Crippen LogP contribution in [0.25, 0.3) is 0 Å². The molecular formula is C14H18F2N2O3. The molecule has 7 heteroatoms. The first-order valence-corrected chi connectivity index (χ1v) is 6.60. The van der Waals surface area contributed by atoms with E-state index in [1.807, 2.05) is 0 Å². The van der Waals surface area contributed by atoms with Gasteiger partial charge in [0, 0.05) is 31.7 Å². The van der Waals surface area contributed by atoms with Gasteiger partial charge in [-0.15, -0.1) is 0 Å². The quantitative estimate of drug-likeness (QED) is 0.905. The van der Waals surface area contributed by atoms with Crippen LogP contribution in [0.15, 0.2) is 12.1 Å². The first-order valence-electron chi connectivity index (χ1n) is 6.60. The summed E-state index contributed by atoms with van der Waals surface area (Å²) >= 11 is 0. The van der Waals surface area contributed by atoms with Crippen molar-refractivity contribution in [3.63, 3.8) is 0 Å². The van der Waals surface area contributed by atoms with Crippen molar-refractivity contribution in [1.82, 2.24) is 9.80 Å². The molecule has 0 aromatic heterocycles. The summed E-state index contributed by atoms with van der Waals surface area (Å²) in [5.74, 6) is -2.54. The van der Waals surface area contributed by atoms with Crippen molar-refractivity contribution in [3.8, 4) is 5.75 Å². The van der Waals surface area contributed by atoms with Gasteiger partial charge in [0.05, 0.1) is 7.11 Å². The Morgan fingerprint density at radius 2 is 2.14 bits per heavy atom. The zero-order valence-electron chi connectivity index (χ0n) is 12.0. The maximum Gasteiger partial charge on any atom is 0.322 e. The number of methoxy groups -OCH3 is 1. The average molecular weight is 300 g/mol. The molecule has 1 aliphatic heterocycles. The van der Waals surface area contributed by atoms with Gasteiger partial charge in [0.1, 0.15) is 11.8 Å². The molecule has 0 aliphatic carbocycles. The van der Waals surface area contributed by atoms with Crippen LogP contribution in [0.1, 0.15) is 5.56 Å². The number of piperazine rings is 1.